The third kappa shape index (κ3) is 6.55. The number of aliphatic hydroxyl groups excluding tert-OH is 1. The van der Waals surface area contributed by atoms with Crippen LogP contribution in [0, 0.1) is 5.41 Å². The molecule has 2 fully saturated rings. The van der Waals surface area contributed by atoms with E-state index >= 15 is 4.39 Å². The fraction of sp³-hybridized carbons (Fsp3) is 0.559. The topological polar surface area (TPSA) is 62.1 Å². The van der Waals surface area contributed by atoms with E-state index in [0.717, 1.165) is 24.3 Å². The average Bonchev–Trinajstić information content (AvgIpc) is 2.99. The summed E-state index contributed by atoms with van der Waals surface area (Å²) >= 11 is 0. The Morgan fingerprint density at radius 2 is 1.53 bits per heavy atom. The Bertz CT molecular complexity index is 1490. The molecule has 0 amide bonds. The quantitative estimate of drug-likeness (QED) is 0.286. The van der Waals surface area contributed by atoms with Gasteiger partial charge in [-0.2, -0.15) is 13.2 Å². The second kappa shape index (κ2) is 11.9. The Morgan fingerprint density at radius 1 is 0.911 bits per heavy atom. The molecule has 2 unspecified atom stereocenters. The number of aromatic nitrogens is 3. The molecule has 1 saturated heterocycles. The van der Waals surface area contributed by atoms with Crippen molar-refractivity contribution in [3.63, 3.8) is 0 Å². The van der Waals surface area contributed by atoms with Crippen LogP contribution in [0.2, 0.25) is 0 Å². The van der Waals surface area contributed by atoms with E-state index in [1.54, 1.807) is 18.5 Å². The summed E-state index contributed by atoms with van der Waals surface area (Å²) in [6.07, 6.45) is -2.36. The van der Waals surface area contributed by atoms with E-state index in [9.17, 15) is 27.1 Å². The number of aliphatic hydroxyl groups is 1. The molecule has 242 valence electrons. The summed E-state index contributed by atoms with van der Waals surface area (Å²) < 4.78 is 85.9. The number of benzene rings is 1. The fourth-order valence-corrected chi connectivity index (χ4v) is 7.52. The Balaban J connectivity index is 1.49. The molecule has 0 spiro atoms. The van der Waals surface area contributed by atoms with Crippen molar-refractivity contribution in [1.82, 2.24) is 15.0 Å². The van der Waals surface area contributed by atoms with Crippen molar-refractivity contribution in [3.05, 3.63) is 81.9 Å². The molecule has 5 nitrogen and oxygen atoms in total. The van der Waals surface area contributed by atoms with E-state index in [2.05, 4.69) is 9.97 Å². The first-order valence-corrected chi connectivity index (χ1v) is 15.7. The van der Waals surface area contributed by atoms with Gasteiger partial charge in [0.15, 0.2) is 6.17 Å². The van der Waals surface area contributed by atoms with Gasteiger partial charge < -0.3 is 10.0 Å². The summed E-state index contributed by atoms with van der Waals surface area (Å²) in [5.74, 6) is -2.85. The molecule has 1 aliphatic heterocycles. The van der Waals surface area contributed by atoms with E-state index < -0.39 is 35.9 Å². The summed E-state index contributed by atoms with van der Waals surface area (Å²) in [4.78, 5) is 15.8. The lowest BCUT2D eigenvalue weighted by atomic mass is 9.68. The van der Waals surface area contributed by atoms with Crippen LogP contribution in [0.15, 0.2) is 42.7 Å². The predicted octanol–water partition coefficient (Wildman–Crippen LogP) is 8.63. The molecule has 45 heavy (non-hydrogen) atoms. The Labute approximate surface area is 259 Å². The van der Waals surface area contributed by atoms with Crippen LogP contribution in [-0.2, 0) is 12.6 Å². The number of hydrogen-bond acceptors (Lipinski definition) is 5. The first kappa shape index (κ1) is 31.8. The van der Waals surface area contributed by atoms with Gasteiger partial charge in [0.2, 0.25) is 11.9 Å². The zero-order valence-electron chi connectivity index (χ0n) is 25.4. The number of nitrogens with zero attached hydrogens (tertiary/aromatic N) is 4. The summed E-state index contributed by atoms with van der Waals surface area (Å²) in [7, 11) is 0. The Kier molecular flexibility index (Phi) is 8.37. The van der Waals surface area contributed by atoms with Gasteiger partial charge in [-0.3, -0.25) is 4.98 Å². The van der Waals surface area contributed by atoms with Crippen LogP contribution in [0.5, 0.6) is 0 Å². The van der Waals surface area contributed by atoms with Gasteiger partial charge in [0, 0.05) is 61.1 Å². The predicted molar refractivity (Wildman–Crippen MR) is 158 cm³/mol. The highest BCUT2D eigenvalue weighted by Crippen LogP contribution is 2.52. The maximum Gasteiger partial charge on any atom is 0.416 e. The zero-order chi connectivity index (χ0) is 32.1. The molecule has 11 heteroatoms. The minimum absolute atomic E-state index is 0.0362. The molecule has 3 heterocycles. The van der Waals surface area contributed by atoms with Crippen molar-refractivity contribution in [1.29, 1.82) is 0 Å². The molecular formula is C34H38F6N4O. The first-order chi connectivity index (χ1) is 21.2. The van der Waals surface area contributed by atoms with E-state index in [1.165, 1.54) is 0 Å². The number of pyridine rings is 1. The molecule has 1 aromatic carbocycles. The van der Waals surface area contributed by atoms with Crippen LogP contribution in [0.1, 0.15) is 122 Å². The first-order valence-electron chi connectivity index (χ1n) is 15.7. The SMILES string of the molecule is CC1(C)Cc2nc(C3CCN(c4ncccn4)CC3)c(C(F)c3ccc(C(F)(F)F)cc3)c(C3CCC(F)(F)CC3)c2C(O)C1. The number of piperidine rings is 1. The minimum Gasteiger partial charge on any atom is -0.388 e. The molecular weight excluding hydrogens is 594 g/mol. The summed E-state index contributed by atoms with van der Waals surface area (Å²) in [6.45, 7) is 5.24. The maximum atomic E-state index is 17.1. The van der Waals surface area contributed by atoms with Crippen molar-refractivity contribution in [2.45, 2.75) is 101 Å². The Hall–Kier alpha value is -3.21. The summed E-state index contributed by atoms with van der Waals surface area (Å²) in [5.41, 5.74) is 1.34. The van der Waals surface area contributed by atoms with Crippen LogP contribution in [0.4, 0.5) is 32.3 Å². The second-order valence-corrected chi connectivity index (χ2v) is 13.7. The Morgan fingerprint density at radius 3 is 2.13 bits per heavy atom. The van der Waals surface area contributed by atoms with Gasteiger partial charge in [-0.25, -0.2) is 23.1 Å². The van der Waals surface area contributed by atoms with Crippen LogP contribution in [0.3, 0.4) is 0 Å². The number of alkyl halides is 6. The highest BCUT2D eigenvalue weighted by Gasteiger charge is 2.43. The van der Waals surface area contributed by atoms with Crippen LogP contribution in [0.25, 0.3) is 0 Å². The molecule has 6 rings (SSSR count). The lowest BCUT2D eigenvalue weighted by Crippen LogP contribution is -2.36. The monoisotopic (exact) mass is 632 g/mol. The maximum absolute atomic E-state index is 17.1. The zero-order valence-corrected chi connectivity index (χ0v) is 25.4. The molecule has 1 N–H and O–H groups in total. The van der Waals surface area contributed by atoms with Gasteiger partial charge in [-0.05, 0) is 79.2 Å². The lowest BCUT2D eigenvalue weighted by Gasteiger charge is -2.41. The van der Waals surface area contributed by atoms with E-state index in [-0.39, 0.29) is 48.1 Å². The smallest absolute Gasteiger partial charge is 0.388 e. The van der Waals surface area contributed by atoms with E-state index in [4.69, 9.17) is 4.98 Å². The van der Waals surface area contributed by atoms with Crippen molar-refractivity contribution in [3.8, 4) is 0 Å². The van der Waals surface area contributed by atoms with E-state index in [1.807, 2.05) is 18.7 Å². The number of rotatable bonds is 5. The fourth-order valence-electron chi connectivity index (χ4n) is 7.52. The number of halogens is 6. The third-order valence-corrected chi connectivity index (χ3v) is 9.77. The third-order valence-electron chi connectivity index (χ3n) is 9.77. The largest absolute Gasteiger partial charge is 0.416 e. The van der Waals surface area contributed by atoms with Gasteiger partial charge >= 0.3 is 6.18 Å². The van der Waals surface area contributed by atoms with Gasteiger partial charge in [-0.1, -0.05) is 26.0 Å². The summed E-state index contributed by atoms with van der Waals surface area (Å²) in [5, 5.41) is 11.5. The van der Waals surface area contributed by atoms with Crippen LogP contribution < -0.4 is 4.90 Å². The van der Waals surface area contributed by atoms with Crippen LogP contribution in [-0.4, -0.2) is 39.1 Å². The van der Waals surface area contributed by atoms with Gasteiger partial charge in [0.1, 0.15) is 0 Å². The summed E-state index contributed by atoms with van der Waals surface area (Å²) in [6, 6.07) is 5.75. The standard InChI is InChI=1S/C34H38F6N4O/c1-32(2)18-24-27(25(45)19-32)26(20-8-12-33(36,37)13-9-20)28(29(35)21-4-6-23(7-5-21)34(38,39)40)30(43-24)22-10-16-44(17-11-22)31-41-14-3-15-42-31/h3-7,14-15,20,22,25,29,45H,8-13,16-19H2,1-2H3. The molecule has 3 aliphatic rings. The van der Waals surface area contributed by atoms with Gasteiger partial charge in [0.25, 0.3) is 0 Å². The molecule has 3 aromatic rings. The van der Waals surface area contributed by atoms with Crippen molar-refractivity contribution in [2.75, 3.05) is 18.0 Å². The van der Waals surface area contributed by atoms with E-state index in [0.29, 0.717) is 67.2 Å². The molecule has 2 aliphatic carbocycles. The normalized spacial score (nSPS) is 23.0. The lowest BCUT2D eigenvalue weighted by molar-refractivity contribution is -0.137. The van der Waals surface area contributed by atoms with Gasteiger partial charge in [0.05, 0.1) is 17.4 Å². The van der Waals surface area contributed by atoms with Gasteiger partial charge in [-0.15, -0.1) is 0 Å². The number of anilines is 1. The second-order valence-electron chi connectivity index (χ2n) is 13.7. The molecule has 0 bridgehead atoms. The molecule has 2 aromatic heterocycles. The van der Waals surface area contributed by atoms with Crippen molar-refractivity contribution >= 4 is 5.95 Å². The minimum atomic E-state index is -4.57. The highest BCUT2D eigenvalue weighted by molar-refractivity contribution is 5.51. The average molecular weight is 633 g/mol. The molecule has 2 atom stereocenters. The van der Waals surface area contributed by atoms with Crippen molar-refractivity contribution < 1.29 is 31.4 Å². The van der Waals surface area contributed by atoms with Crippen molar-refractivity contribution in [2.24, 2.45) is 5.41 Å². The number of hydrogen-bond donors (Lipinski definition) is 1. The molecule has 1 saturated carbocycles. The number of fused-ring (bicyclic) bond motifs is 1. The van der Waals surface area contributed by atoms with Crippen LogP contribution >= 0.6 is 0 Å². The molecule has 0 radical (unpaired) electrons. The highest BCUT2D eigenvalue weighted by atomic mass is 19.4.